The number of aliphatic hydroxyl groups is 1. The van der Waals surface area contributed by atoms with Gasteiger partial charge in [0.1, 0.15) is 0 Å². The topological polar surface area (TPSA) is 37.3 Å². The van der Waals surface area contributed by atoms with Gasteiger partial charge in [-0.1, -0.05) is 31.6 Å². The van der Waals surface area contributed by atoms with Crippen LogP contribution in [0.4, 0.5) is 0 Å². The fourth-order valence-corrected chi connectivity index (χ4v) is 6.53. The van der Waals surface area contributed by atoms with Gasteiger partial charge in [0.05, 0.1) is 6.10 Å². The summed E-state index contributed by atoms with van der Waals surface area (Å²) in [7, 11) is 0. The van der Waals surface area contributed by atoms with Crippen LogP contribution in [0.5, 0.6) is 0 Å². The zero-order valence-corrected chi connectivity index (χ0v) is 14.6. The van der Waals surface area contributed by atoms with E-state index in [4.69, 9.17) is 0 Å². The summed E-state index contributed by atoms with van der Waals surface area (Å²) < 4.78 is 0. The molecule has 0 amide bonds. The van der Waals surface area contributed by atoms with Crippen molar-refractivity contribution in [2.45, 2.75) is 59.0 Å². The van der Waals surface area contributed by atoms with Crippen molar-refractivity contribution in [1.82, 2.24) is 0 Å². The summed E-state index contributed by atoms with van der Waals surface area (Å²) in [6.45, 7) is 11.1. The molecule has 0 spiro atoms. The predicted octanol–water partition coefficient (Wildman–Crippen LogP) is 4.21. The predicted molar refractivity (Wildman–Crippen MR) is 91.8 cm³/mol. The summed E-state index contributed by atoms with van der Waals surface area (Å²) in [4.78, 5) is 12.0. The Labute approximate surface area is 139 Å². The second kappa shape index (κ2) is 4.69. The number of fused-ring (bicyclic) bond motifs is 5. The van der Waals surface area contributed by atoms with Crippen molar-refractivity contribution < 1.29 is 9.90 Å². The highest BCUT2D eigenvalue weighted by Crippen LogP contribution is 2.66. The molecule has 0 aromatic rings. The number of carbonyl (C=O) groups excluding carboxylic acids is 1. The zero-order chi connectivity index (χ0) is 16.6. The molecular weight excluding hydrogens is 284 g/mol. The molecule has 0 unspecified atom stereocenters. The van der Waals surface area contributed by atoms with Crippen molar-refractivity contribution in [2.24, 2.45) is 28.6 Å². The Morgan fingerprint density at radius 1 is 1.17 bits per heavy atom. The molecule has 0 aliphatic heterocycles. The van der Waals surface area contributed by atoms with Gasteiger partial charge in [0.2, 0.25) is 0 Å². The fraction of sp³-hybridized carbons (Fsp3) is 0.667. The standard InChI is InChI=1S/C21H28O2/c1-12-9-15-16-5-6-19(23)20(16,3)8-7-17(15)21(4)13(2)10-14(22)11-18(12)21/h10-11,15-17,19,23H,1,5-9H2,2-4H3/t15-,16-,17-,19-,20-,21+/m0/s1. The Hall–Kier alpha value is -1.15. The number of hydrogen-bond donors (Lipinski definition) is 1. The monoisotopic (exact) mass is 312 g/mol. The van der Waals surface area contributed by atoms with Crippen molar-refractivity contribution >= 4 is 5.78 Å². The van der Waals surface area contributed by atoms with E-state index in [9.17, 15) is 9.90 Å². The van der Waals surface area contributed by atoms with E-state index >= 15 is 0 Å². The largest absolute Gasteiger partial charge is 0.393 e. The Morgan fingerprint density at radius 2 is 1.91 bits per heavy atom. The Morgan fingerprint density at radius 3 is 2.65 bits per heavy atom. The third-order valence-corrected chi connectivity index (χ3v) is 8.02. The van der Waals surface area contributed by atoms with Crippen LogP contribution in [0.2, 0.25) is 0 Å². The maximum Gasteiger partial charge on any atom is 0.178 e. The number of ketones is 1. The van der Waals surface area contributed by atoms with E-state index in [1.54, 1.807) is 0 Å². The van der Waals surface area contributed by atoms with E-state index in [0.29, 0.717) is 17.8 Å². The van der Waals surface area contributed by atoms with Crippen molar-refractivity contribution in [3.63, 3.8) is 0 Å². The minimum Gasteiger partial charge on any atom is -0.393 e. The van der Waals surface area contributed by atoms with Crippen LogP contribution in [-0.4, -0.2) is 17.0 Å². The Balaban J connectivity index is 1.79. The Kier molecular flexibility index (Phi) is 3.14. The third kappa shape index (κ3) is 1.82. The maximum absolute atomic E-state index is 12.0. The molecule has 0 saturated heterocycles. The second-order valence-corrected chi connectivity index (χ2v) is 8.81. The van der Waals surface area contributed by atoms with Crippen LogP contribution in [-0.2, 0) is 4.79 Å². The summed E-state index contributed by atoms with van der Waals surface area (Å²) in [5, 5.41) is 10.5. The lowest BCUT2D eigenvalue weighted by molar-refractivity contribution is -0.111. The summed E-state index contributed by atoms with van der Waals surface area (Å²) in [6, 6.07) is 0. The van der Waals surface area contributed by atoms with Gasteiger partial charge in [-0.3, -0.25) is 4.79 Å². The van der Waals surface area contributed by atoms with E-state index < -0.39 is 0 Å². The van der Waals surface area contributed by atoms with Crippen molar-refractivity contribution in [3.8, 4) is 0 Å². The quantitative estimate of drug-likeness (QED) is 0.727. The third-order valence-electron chi connectivity index (χ3n) is 8.02. The highest BCUT2D eigenvalue weighted by Gasteiger charge is 2.59. The zero-order valence-electron chi connectivity index (χ0n) is 14.6. The maximum atomic E-state index is 12.0. The van der Waals surface area contributed by atoms with Gasteiger partial charge >= 0.3 is 0 Å². The van der Waals surface area contributed by atoms with Crippen LogP contribution in [0.3, 0.4) is 0 Å². The lowest BCUT2D eigenvalue weighted by Crippen LogP contribution is -2.51. The molecule has 6 atom stereocenters. The van der Waals surface area contributed by atoms with Gasteiger partial charge in [0.25, 0.3) is 0 Å². The number of aliphatic hydroxyl groups excluding tert-OH is 1. The van der Waals surface area contributed by atoms with Gasteiger partial charge in [0.15, 0.2) is 5.78 Å². The Bertz CT molecular complexity index is 655. The van der Waals surface area contributed by atoms with E-state index in [2.05, 4.69) is 27.4 Å². The molecule has 2 nitrogen and oxygen atoms in total. The minimum atomic E-state index is -0.143. The molecular formula is C21H28O2. The van der Waals surface area contributed by atoms with Crippen molar-refractivity contribution in [1.29, 1.82) is 0 Å². The SMILES string of the molecule is C=C1C[C@@H]2[C@H](CC[C@]3(C)[C@@H](O)CC[C@@H]23)[C@@]2(C)C(C)=CC(=O)C=C12. The average molecular weight is 312 g/mol. The average Bonchev–Trinajstić information content (AvgIpc) is 2.78. The van der Waals surface area contributed by atoms with E-state index in [0.717, 1.165) is 37.7 Å². The van der Waals surface area contributed by atoms with E-state index in [1.165, 1.54) is 11.1 Å². The molecule has 1 N–H and O–H groups in total. The number of allylic oxidation sites excluding steroid dienone is 5. The molecule has 0 radical (unpaired) electrons. The van der Waals surface area contributed by atoms with E-state index in [1.807, 2.05) is 12.2 Å². The first-order chi connectivity index (χ1) is 10.8. The summed E-state index contributed by atoms with van der Waals surface area (Å²) >= 11 is 0. The second-order valence-electron chi connectivity index (χ2n) is 8.81. The van der Waals surface area contributed by atoms with Crippen LogP contribution in [0.1, 0.15) is 52.9 Å². The molecule has 4 aliphatic rings. The van der Waals surface area contributed by atoms with Crippen LogP contribution < -0.4 is 0 Å². The molecule has 3 fully saturated rings. The molecule has 0 heterocycles. The van der Waals surface area contributed by atoms with E-state index in [-0.39, 0.29) is 22.7 Å². The van der Waals surface area contributed by atoms with Gasteiger partial charge in [-0.15, -0.1) is 0 Å². The lowest BCUT2D eigenvalue weighted by atomic mass is 9.46. The highest BCUT2D eigenvalue weighted by atomic mass is 16.3. The summed E-state index contributed by atoms with van der Waals surface area (Å²) in [5.41, 5.74) is 3.59. The first-order valence-electron chi connectivity index (χ1n) is 9.09. The molecule has 2 heteroatoms. The number of rotatable bonds is 0. The number of hydrogen-bond acceptors (Lipinski definition) is 2. The number of carbonyl (C=O) groups is 1. The van der Waals surface area contributed by atoms with Gasteiger partial charge in [-0.25, -0.2) is 0 Å². The molecule has 124 valence electrons. The molecule has 0 aromatic carbocycles. The van der Waals surface area contributed by atoms with Gasteiger partial charge in [-0.05, 0) is 79.9 Å². The first-order valence-corrected chi connectivity index (χ1v) is 9.09. The van der Waals surface area contributed by atoms with Crippen LogP contribution in [0, 0.1) is 28.6 Å². The molecule has 23 heavy (non-hydrogen) atoms. The molecule has 0 bridgehead atoms. The van der Waals surface area contributed by atoms with Crippen LogP contribution >= 0.6 is 0 Å². The first kappa shape index (κ1) is 15.4. The lowest BCUT2D eigenvalue weighted by Gasteiger charge is -2.58. The normalized spacial score (nSPS) is 49.0. The molecule has 0 aromatic heterocycles. The molecule has 3 saturated carbocycles. The van der Waals surface area contributed by atoms with Gasteiger partial charge in [0, 0.05) is 5.41 Å². The minimum absolute atomic E-state index is 0.0389. The van der Waals surface area contributed by atoms with Crippen LogP contribution in [0.15, 0.2) is 35.5 Å². The summed E-state index contributed by atoms with van der Waals surface area (Å²) in [5.74, 6) is 1.88. The molecule has 4 rings (SSSR count). The summed E-state index contributed by atoms with van der Waals surface area (Å²) in [6.07, 6.45) is 8.87. The fourth-order valence-electron chi connectivity index (χ4n) is 6.53. The highest BCUT2D eigenvalue weighted by molar-refractivity contribution is 6.02. The van der Waals surface area contributed by atoms with Crippen molar-refractivity contribution in [3.05, 3.63) is 35.5 Å². The van der Waals surface area contributed by atoms with Crippen LogP contribution in [0.25, 0.3) is 0 Å². The van der Waals surface area contributed by atoms with Crippen molar-refractivity contribution in [2.75, 3.05) is 0 Å². The smallest absolute Gasteiger partial charge is 0.178 e. The van der Waals surface area contributed by atoms with Gasteiger partial charge in [-0.2, -0.15) is 0 Å². The molecule has 4 aliphatic carbocycles. The van der Waals surface area contributed by atoms with Gasteiger partial charge < -0.3 is 5.11 Å².